The van der Waals surface area contributed by atoms with Crippen molar-refractivity contribution in [3.05, 3.63) is 0 Å². The lowest BCUT2D eigenvalue weighted by Gasteiger charge is -2.30. The first-order valence-electron chi connectivity index (χ1n) is 5.02. The second kappa shape index (κ2) is 4.94. The third-order valence-corrected chi connectivity index (χ3v) is 3.00. The van der Waals surface area contributed by atoms with Gasteiger partial charge in [0.05, 0.1) is 13.1 Å². The minimum absolute atomic E-state index is 0. The summed E-state index contributed by atoms with van der Waals surface area (Å²) in [5.41, 5.74) is 0. The first-order valence-corrected chi connectivity index (χ1v) is 5.02. The summed E-state index contributed by atoms with van der Waals surface area (Å²) < 4.78 is 12.9. The van der Waals surface area contributed by atoms with Crippen LogP contribution in [0.2, 0.25) is 0 Å². The Morgan fingerprint density at radius 1 is 1.43 bits per heavy atom. The molecular weight excluding hydrogens is 207 g/mol. The molecule has 5 heteroatoms. The van der Waals surface area contributed by atoms with Gasteiger partial charge in [0.1, 0.15) is 6.17 Å². The van der Waals surface area contributed by atoms with E-state index in [1.807, 2.05) is 10.2 Å². The van der Waals surface area contributed by atoms with Gasteiger partial charge in [-0.2, -0.15) is 0 Å². The SMILES string of the molecule is O=C1C[NH2+]CCN1[C@H]1CC[C@@H](F)C1.[Cl-]. The molecule has 2 aliphatic rings. The summed E-state index contributed by atoms with van der Waals surface area (Å²) in [5, 5.41) is 2.01. The maximum Gasteiger partial charge on any atom is 0.278 e. The second-order valence-corrected chi connectivity index (χ2v) is 3.93. The van der Waals surface area contributed by atoms with Crippen LogP contribution in [-0.2, 0) is 4.79 Å². The van der Waals surface area contributed by atoms with Crippen molar-refractivity contribution in [3.63, 3.8) is 0 Å². The van der Waals surface area contributed by atoms with Crippen LogP contribution >= 0.6 is 0 Å². The molecule has 0 aromatic heterocycles. The van der Waals surface area contributed by atoms with Gasteiger partial charge in [0.2, 0.25) is 0 Å². The Bertz CT molecular complexity index is 215. The molecule has 2 fully saturated rings. The molecule has 1 heterocycles. The summed E-state index contributed by atoms with van der Waals surface area (Å²) in [7, 11) is 0. The average Bonchev–Trinajstić information content (AvgIpc) is 2.53. The van der Waals surface area contributed by atoms with E-state index in [0.717, 1.165) is 19.5 Å². The number of hydrogen-bond acceptors (Lipinski definition) is 1. The molecule has 0 radical (unpaired) electrons. The molecule has 0 aromatic carbocycles. The number of piperazine rings is 1. The number of alkyl halides is 1. The van der Waals surface area contributed by atoms with Gasteiger partial charge in [-0.3, -0.25) is 4.79 Å². The molecule has 1 aliphatic heterocycles. The number of rotatable bonds is 1. The zero-order chi connectivity index (χ0) is 9.26. The van der Waals surface area contributed by atoms with Crippen LogP contribution in [0.1, 0.15) is 19.3 Å². The third kappa shape index (κ3) is 2.36. The number of quaternary nitrogens is 1. The summed E-state index contributed by atoms with van der Waals surface area (Å²) in [6.45, 7) is 2.32. The number of carbonyl (C=O) groups excluding carboxylic acids is 1. The van der Waals surface area contributed by atoms with Gasteiger partial charge in [0, 0.05) is 6.04 Å². The number of nitrogens with zero attached hydrogens (tertiary/aromatic N) is 1. The molecule has 3 nitrogen and oxygen atoms in total. The summed E-state index contributed by atoms with van der Waals surface area (Å²) in [6, 6.07) is 0.191. The minimum atomic E-state index is -0.677. The van der Waals surface area contributed by atoms with Crippen LogP contribution in [0.25, 0.3) is 0 Å². The predicted molar refractivity (Wildman–Crippen MR) is 45.9 cm³/mol. The summed E-state index contributed by atoms with van der Waals surface area (Å²) in [6.07, 6.45) is 1.38. The highest BCUT2D eigenvalue weighted by atomic mass is 35.5. The number of amides is 1. The van der Waals surface area contributed by atoms with Crippen molar-refractivity contribution in [1.29, 1.82) is 0 Å². The molecule has 1 aliphatic carbocycles. The second-order valence-electron chi connectivity index (χ2n) is 3.93. The lowest BCUT2D eigenvalue weighted by Crippen LogP contribution is -3.00. The van der Waals surface area contributed by atoms with Gasteiger partial charge < -0.3 is 22.6 Å². The van der Waals surface area contributed by atoms with Crippen molar-refractivity contribution in [1.82, 2.24) is 4.90 Å². The zero-order valence-corrected chi connectivity index (χ0v) is 8.84. The smallest absolute Gasteiger partial charge is 0.278 e. The molecule has 2 N–H and O–H groups in total. The summed E-state index contributed by atoms with van der Waals surface area (Å²) >= 11 is 0. The number of nitrogens with two attached hydrogens (primary N) is 1. The van der Waals surface area contributed by atoms with E-state index in [4.69, 9.17) is 0 Å². The maximum atomic E-state index is 12.9. The zero-order valence-electron chi connectivity index (χ0n) is 8.09. The van der Waals surface area contributed by atoms with Gasteiger partial charge in [-0.05, 0) is 19.3 Å². The minimum Gasteiger partial charge on any atom is -1.00 e. The summed E-state index contributed by atoms with van der Waals surface area (Å²) in [5.74, 6) is 0.186. The molecule has 0 bridgehead atoms. The number of halogens is 2. The molecule has 82 valence electrons. The standard InChI is InChI=1S/C9H15FN2O.ClH/c10-7-1-2-8(5-7)12-4-3-11-6-9(12)13;/h7-8,11H,1-6H2;1H/t7-,8+;/m1./s1. The molecule has 2 rings (SSSR count). The highest BCUT2D eigenvalue weighted by Gasteiger charge is 2.33. The van der Waals surface area contributed by atoms with E-state index in [2.05, 4.69) is 0 Å². The van der Waals surface area contributed by atoms with Crippen LogP contribution in [0, 0.1) is 0 Å². The first kappa shape index (κ1) is 11.7. The lowest BCUT2D eigenvalue weighted by atomic mass is 10.2. The van der Waals surface area contributed by atoms with E-state index < -0.39 is 6.17 Å². The fraction of sp³-hybridized carbons (Fsp3) is 0.889. The quantitative estimate of drug-likeness (QED) is 0.487. The van der Waals surface area contributed by atoms with E-state index in [1.165, 1.54) is 0 Å². The Morgan fingerprint density at radius 2 is 2.21 bits per heavy atom. The topological polar surface area (TPSA) is 36.9 Å². The van der Waals surface area contributed by atoms with Crippen LogP contribution in [0.15, 0.2) is 0 Å². The van der Waals surface area contributed by atoms with E-state index in [1.54, 1.807) is 0 Å². The molecule has 14 heavy (non-hydrogen) atoms. The van der Waals surface area contributed by atoms with Crippen molar-refractivity contribution in [2.24, 2.45) is 0 Å². The van der Waals surface area contributed by atoms with Crippen LogP contribution in [0.3, 0.4) is 0 Å². The van der Waals surface area contributed by atoms with Gasteiger partial charge in [0.25, 0.3) is 5.91 Å². The van der Waals surface area contributed by atoms with E-state index in [0.29, 0.717) is 19.4 Å². The van der Waals surface area contributed by atoms with Crippen LogP contribution in [0.4, 0.5) is 4.39 Å². The largest absolute Gasteiger partial charge is 1.00 e. The van der Waals surface area contributed by atoms with Crippen LogP contribution in [0.5, 0.6) is 0 Å². The van der Waals surface area contributed by atoms with Gasteiger partial charge in [-0.25, -0.2) is 4.39 Å². The highest BCUT2D eigenvalue weighted by Crippen LogP contribution is 2.26. The number of hydrogen-bond donors (Lipinski definition) is 1. The van der Waals surface area contributed by atoms with Gasteiger partial charge in [-0.1, -0.05) is 0 Å². The Kier molecular flexibility index (Phi) is 4.13. The van der Waals surface area contributed by atoms with Gasteiger partial charge in [0.15, 0.2) is 6.54 Å². The van der Waals surface area contributed by atoms with E-state index in [9.17, 15) is 9.18 Å². The Labute approximate surface area is 89.4 Å². The van der Waals surface area contributed by atoms with Crippen molar-refractivity contribution in [2.75, 3.05) is 19.6 Å². The Balaban J connectivity index is 0.000000980. The Hall–Kier alpha value is -0.350. The van der Waals surface area contributed by atoms with Crippen LogP contribution in [-0.4, -0.2) is 42.7 Å². The summed E-state index contributed by atoms with van der Waals surface area (Å²) in [4.78, 5) is 13.3. The van der Waals surface area contributed by atoms with Crippen molar-refractivity contribution < 1.29 is 26.9 Å². The van der Waals surface area contributed by atoms with E-state index in [-0.39, 0.29) is 24.4 Å². The van der Waals surface area contributed by atoms with Crippen molar-refractivity contribution in [2.45, 2.75) is 31.5 Å². The molecule has 1 saturated carbocycles. The molecule has 2 atom stereocenters. The highest BCUT2D eigenvalue weighted by molar-refractivity contribution is 5.77. The number of carbonyl (C=O) groups is 1. The fourth-order valence-corrected chi connectivity index (χ4v) is 2.27. The maximum absolute atomic E-state index is 12.9. The lowest BCUT2D eigenvalue weighted by molar-refractivity contribution is -0.650. The van der Waals surface area contributed by atoms with Gasteiger partial charge in [-0.15, -0.1) is 0 Å². The molecule has 0 aromatic rings. The molecule has 0 unspecified atom stereocenters. The molecule has 1 saturated heterocycles. The van der Waals surface area contributed by atoms with Crippen LogP contribution < -0.4 is 17.7 Å². The average molecular weight is 223 g/mol. The molecule has 0 spiro atoms. The van der Waals surface area contributed by atoms with Gasteiger partial charge >= 0.3 is 0 Å². The molecular formula is C9H16ClFN2O. The Morgan fingerprint density at radius 3 is 2.79 bits per heavy atom. The first-order chi connectivity index (χ1) is 6.27. The van der Waals surface area contributed by atoms with E-state index >= 15 is 0 Å². The van der Waals surface area contributed by atoms with Crippen molar-refractivity contribution >= 4 is 5.91 Å². The third-order valence-electron chi connectivity index (χ3n) is 3.00. The molecule has 1 amide bonds. The monoisotopic (exact) mass is 222 g/mol. The predicted octanol–water partition coefficient (Wildman–Crippen LogP) is -3.71. The van der Waals surface area contributed by atoms with Crippen molar-refractivity contribution in [3.8, 4) is 0 Å². The normalized spacial score (nSPS) is 32.9. The fourth-order valence-electron chi connectivity index (χ4n) is 2.27.